The van der Waals surface area contributed by atoms with E-state index in [1.807, 2.05) is 12.4 Å². The van der Waals surface area contributed by atoms with Gasteiger partial charge < -0.3 is 10.2 Å². The van der Waals surface area contributed by atoms with Crippen LogP contribution >= 0.6 is 0 Å². The Kier molecular flexibility index (Phi) is 3.87. The van der Waals surface area contributed by atoms with Crippen LogP contribution in [-0.4, -0.2) is 48.6 Å². The van der Waals surface area contributed by atoms with Gasteiger partial charge in [0.2, 0.25) is 0 Å². The predicted octanol–water partition coefficient (Wildman–Crippen LogP) is 2.19. The summed E-state index contributed by atoms with van der Waals surface area (Å²) in [5.41, 5.74) is 2.40. The number of pyridine rings is 1. The number of nitrogens with zero attached hydrogens (tertiary/aromatic N) is 3. The molecule has 0 atom stereocenters. The number of nitrogens with one attached hydrogen (secondary N) is 1. The van der Waals surface area contributed by atoms with Gasteiger partial charge in [-0.15, -0.1) is 0 Å². The molecule has 0 radical (unpaired) electrons. The SMILES string of the molecule is CCCNc1cncc(N2CCN(C3CC3)CC2)c1. The molecule has 1 saturated carbocycles. The number of piperazine rings is 1. The summed E-state index contributed by atoms with van der Waals surface area (Å²) in [6, 6.07) is 3.13. The number of anilines is 2. The molecule has 2 fully saturated rings. The second-order valence-electron chi connectivity index (χ2n) is 5.61. The molecule has 2 aliphatic rings. The van der Waals surface area contributed by atoms with E-state index < -0.39 is 0 Å². The summed E-state index contributed by atoms with van der Waals surface area (Å²) < 4.78 is 0. The van der Waals surface area contributed by atoms with Crippen LogP contribution in [0.3, 0.4) is 0 Å². The molecule has 4 heteroatoms. The first-order chi connectivity index (χ1) is 9.36. The quantitative estimate of drug-likeness (QED) is 0.879. The average molecular weight is 260 g/mol. The molecule has 0 amide bonds. The zero-order valence-corrected chi connectivity index (χ0v) is 11.8. The van der Waals surface area contributed by atoms with E-state index in [1.54, 1.807) is 0 Å². The minimum atomic E-state index is 0.901. The maximum absolute atomic E-state index is 4.36. The molecule has 104 valence electrons. The Morgan fingerprint density at radius 3 is 2.68 bits per heavy atom. The number of aromatic nitrogens is 1. The molecule has 0 bridgehead atoms. The summed E-state index contributed by atoms with van der Waals surface area (Å²) in [6.07, 6.45) is 7.88. The summed E-state index contributed by atoms with van der Waals surface area (Å²) in [5, 5.41) is 3.41. The highest BCUT2D eigenvalue weighted by Gasteiger charge is 2.31. The molecule has 19 heavy (non-hydrogen) atoms. The van der Waals surface area contributed by atoms with Crippen LogP contribution in [-0.2, 0) is 0 Å². The molecule has 3 rings (SSSR count). The lowest BCUT2D eigenvalue weighted by molar-refractivity contribution is 0.248. The molecular weight excluding hydrogens is 236 g/mol. The highest BCUT2D eigenvalue weighted by atomic mass is 15.3. The Hall–Kier alpha value is -1.29. The van der Waals surface area contributed by atoms with Gasteiger partial charge >= 0.3 is 0 Å². The molecule has 1 aromatic heterocycles. The van der Waals surface area contributed by atoms with Gasteiger partial charge in [0.1, 0.15) is 0 Å². The Labute approximate surface area is 115 Å². The smallest absolute Gasteiger partial charge is 0.0574 e. The Morgan fingerprint density at radius 2 is 2.00 bits per heavy atom. The maximum atomic E-state index is 4.36. The topological polar surface area (TPSA) is 31.4 Å². The van der Waals surface area contributed by atoms with Crippen LogP contribution in [0.4, 0.5) is 11.4 Å². The van der Waals surface area contributed by atoms with E-state index in [2.05, 4.69) is 33.1 Å². The van der Waals surface area contributed by atoms with Gasteiger partial charge in [-0.3, -0.25) is 9.88 Å². The van der Waals surface area contributed by atoms with Crippen LogP contribution in [0.1, 0.15) is 26.2 Å². The first kappa shape index (κ1) is 12.7. The lowest BCUT2D eigenvalue weighted by atomic mass is 10.2. The van der Waals surface area contributed by atoms with E-state index in [-0.39, 0.29) is 0 Å². The van der Waals surface area contributed by atoms with Crippen molar-refractivity contribution in [1.29, 1.82) is 0 Å². The summed E-state index contributed by atoms with van der Waals surface area (Å²) in [7, 11) is 0. The second-order valence-corrected chi connectivity index (χ2v) is 5.61. The van der Waals surface area contributed by atoms with Crippen LogP contribution in [0.5, 0.6) is 0 Å². The van der Waals surface area contributed by atoms with Crippen LogP contribution in [0, 0.1) is 0 Å². The largest absolute Gasteiger partial charge is 0.384 e. The first-order valence-electron chi connectivity index (χ1n) is 7.54. The lowest BCUT2D eigenvalue weighted by Crippen LogP contribution is -2.47. The predicted molar refractivity (Wildman–Crippen MR) is 79.8 cm³/mol. The molecular formula is C15H24N4. The van der Waals surface area contributed by atoms with E-state index in [4.69, 9.17) is 0 Å². The van der Waals surface area contributed by atoms with E-state index >= 15 is 0 Å². The molecule has 4 nitrogen and oxygen atoms in total. The fourth-order valence-electron chi connectivity index (χ4n) is 2.75. The first-order valence-corrected chi connectivity index (χ1v) is 7.54. The third-order valence-corrected chi connectivity index (χ3v) is 4.05. The zero-order valence-electron chi connectivity index (χ0n) is 11.8. The summed E-state index contributed by atoms with van der Waals surface area (Å²) in [5.74, 6) is 0. The monoisotopic (exact) mass is 260 g/mol. The Morgan fingerprint density at radius 1 is 1.21 bits per heavy atom. The molecule has 1 aliphatic carbocycles. The summed E-state index contributed by atoms with van der Waals surface area (Å²) >= 11 is 0. The van der Waals surface area contributed by atoms with E-state index in [0.717, 1.165) is 37.8 Å². The fourth-order valence-corrected chi connectivity index (χ4v) is 2.75. The van der Waals surface area contributed by atoms with E-state index in [9.17, 15) is 0 Å². The van der Waals surface area contributed by atoms with E-state index in [1.165, 1.54) is 31.6 Å². The van der Waals surface area contributed by atoms with Gasteiger partial charge in [0.05, 0.1) is 23.8 Å². The summed E-state index contributed by atoms with van der Waals surface area (Å²) in [4.78, 5) is 9.46. The fraction of sp³-hybridized carbons (Fsp3) is 0.667. The number of hydrogen-bond donors (Lipinski definition) is 1. The van der Waals surface area contributed by atoms with Crippen molar-refractivity contribution in [2.75, 3.05) is 42.9 Å². The van der Waals surface area contributed by atoms with Crippen molar-refractivity contribution in [2.45, 2.75) is 32.2 Å². The molecule has 0 aromatic carbocycles. The molecule has 0 spiro atoms. The molecule has 2 heterocycles. The minimum absolute atomic E-state index is 0.901. The Bertz CT molecular complexity index is 408. The van der Waals surface area contributed by atoms with Gasteiger partial charge in [-0.25, -0.2) is 0 Å². The molecule has 1 saturated heterocycles. The van der Waals surface area contributed by atoms with Crippen LogP contribution in [0.25, 0.3) is 0 Å². The van der Waals surface area contributed by atoms with Crippen molar-refractivity contribution in [3.8, 4) is 0 Å². The van der Waals surface area contributed by atoms with Gasteiger partial charge in [0.15, 0.2) is 0 Å². The van der Waals surface area contributed by atoms with Crippen LogP contribution < -0.4 is 10.2 Å². The number of hydrogen-bond acceptors (Lipinski definition) is 4. The highest BCUT2D eigenvalue weighted by molar-refractivity contribution is 5.55. The van der Waals surface area contributed by atoms with Gasteiger partial charge in [0, 0.05) is 38.8 Å². The molecule has 1 aliphatic heterocycles. The third kappa shape index (κ3) is 3.18. The molecule has 1 N–H and O–H groups in total. The van der Waals surface area contributed by atoms with Crippen molar-refractivity contribution >= 4 is 11.4 Å². The van der Waals surface area contributed by atoms with Crippen molar-refractivity contribution in [1.82, 2.24) is 9.88 Å². The van der Waals surface area contributed by atoms with Gasteiger partial charge in [-0.2, -0.15) is 0 Å². The summed E-state index contributed by atoms with van der Waals surface area (Å²) in [6.45, 7) is 7.88. The van der Waals surface area contributed by atoms with Gasteiger partial charge in [-0.05, 0) is 25.3 Å². The zero-order chi connectivity index (χ0) is 13.1. The Balaban J connectivity index is 1.59. The van der Waals surface area contributed by atoms with Crippen LogP contribution in [0.15, 0.2) is 18.5 Å². The molecule has 1 aromatic rings. The number of rotatable bonds is 5. The lowest BCUT2D eigenvalue weighted by Gasteiger charge is -2.36. The van der Waals surface area contributed by atoms with Crippen molar-refractivity contribution in [3.05, 3.63) is 18.5 Å². The van der Waals surface area contributed by atoms with Gasteiger partial charge in [0.25, 0.3) is 0 Å². The minimum Gasteiger partial charge on any atom is -0.384 e. The normalized spacial score (nSPS) is 20.6. The second kappa shape index (κ2) is 5.78. The average Bonchev–Trinajstić information content (AvgIpc) is 3.30. The highest BCUT2D eigenvalue weighted by Crippen LogP contribution is 2.28. The van der Waals surface area contributed by atoms with E-state index in [0.29, 0.717) is 0 Å². The van der Waals surface area contributed by atoms with Crippen molar-refractivity contribution < 1.29 is 0 Å². The van der Waals surface area contributed by atoms with Crippen LogP contribution in [0.2, 0.25) is 0 Å². The van der Waals surface area contributed by atoms with Gasteiger partial charge in [-0.1, -0.05) is 6.92 Å². The third-order valence-electron chi connectivity index (χ3n) is 4.05. The van der Waals surface area contributed by atoms with Crippen molar-refractivity contribution in [2.24, 2.45) is 0 Å². The van der Waals surface area contributed by atoms with Crippen molar-refractivity contribution in [3.63, 3.8) is 0 Å². The molecule has 0 unspecified atom stereocenters. The maximum Gasteiger partial charge on any atom is 0.0574 e. The standard InChI is InChI=1S/C15H24N4/c1-2-5-17-13-10-15(12-16-11-13)19-8-6-18(7-9-19)14-3-4-14/h10-12,14,17H,2-9H2,1H3.